The fourth-order valence-corrected chi connectivity index (χ4v) is 3.25. The molecule has 0 aromatic carbocycles. The Kier molecular flexibility index (Phi) is 4.21. The molecule has 2 fully saturated rings. The first-order valence-corrected chi connectivity index (χ1v) is 7.69. The Labute approximate surface area is 124 Å². The number of aromatic nitrogens is 2. The van der Waals surface area contributed by atoms with Gasteiger partial charge in [0, 0.05) is 32.2 Å². The van der Waals surface area contributed by atoms with Crippen molar-refractivity contribution in [2.24, 2.45) is 11.7 Å². The SMILES string of the molecule is Cc1noc(CN2CCN(C(=O)[C@H]3CCC[C@H]3N)CC2)n1. The Morgan fingerprint density at radius 3 is 2.67 bits per heavy atom. The summed E-state index contributed by atoms with van der Waals surface area (Å²) in [5.41, 5.74) is 6.03. The van der Waals surface area contributed by atoms with Crippen molar-refractivity contribution in [3.8, 4) is 0 Å². The summed E-state index contributed by atoms with van der Waals surface area (Å²) in [5.74, 6) is 1.59. The second kappa shape index (κ2) is 6.11. The van der Waals surface area contributed by atoms with Crippen molar-refractivity contribution in [2.45, 2.75) is 38.8 Å². The summed E-state index contributed by atoms with van der Waals surface area (Å²) >= 11 is 0. The van der Waals surface area contributed by atoms with Crippen molar-refractivity contribution < 1.29 is 9.32 Å². The smallest absolute Gasteiger partial charge is 0.240 e. The molecule has 0 unspecified atom stereocenters. The number of amides is 1. The number of hydrogen-bond acceptors (Lipinski definition) is 6. The average Bonchev–Trinajstić information content (AvgIpc) is 3.08. The van der Waals surface area contributed by atoms with E-state index >= 15 is 0 Å². The second-order valence-corrected chi connectivity index (χ2v) is 6.04. The molecular weight excluding hydrogens is 270 g/mol. The van der Waals surface area contributed by atoms with Crippen LogP contribution in [0.4, 0.5) is 0 Å². The van der Waals surface area contributed by atoms with E-state index in [1.54, 1.807) is 0 Å². The van der Waals surface area contributed by atoms with E-state index in [-0.39, 0.29) is 17.9 Å². The molecule has 0 spiro atoms. The molecule has 116 valence electrons. The number of nitrogens with two attached hydrogens (primary N) is 1. The predicted molar refractivity (Wildman–Crippen MR) is 76.2 cm³/mol. The Balaban J connectivity index is 1.49. The van der Waals surface area contributed by atoms with Crippen LogP contribution in [0.25, 0.3) is 0 Å². The summed E-state index contributed by atoms with van der Waals surface area (Å²) in [6, 6.07) is 0.0527. The fraction of sp³-hybridized carbons (Fsp3) is 0.786. The molecule has 1 saturated carbocycles. The van der Waals surface area contributed by atoms with Crippen LogP contribution in [0.5, 0.6) is 0 Å². The van der Waals surface area contributed by atoms with Gasteiger partial charge >= 0.3 is 0 Å². The van der Waals surface area contributed by atoms with Gasteiger partial charge in [0.15, 0.2) is 5.82 Å². The zero-order chi connectivity index (χ0) is 14.8. The van der Waals surface area contributed by atoms with Crippen molar-refractivity contribution in [2.75, 3.05) is 26.2 Å². The van der Waals surface area contributed by atoms with E-state index in [1.165, 1.54) is 0 Å². The normalized spacial score (nSPS) is 27.2. The maximum atomic E-state index is 12.5. The van der Waals surface area contributed by atoms with Crippen LogP contribution in [0.3, 0.4) is 0 Å². The maximum Gasteiger partial charge on any atom is 0.240 e. The number of piperazine rings is 1. The van der Waals surface area contributed by atoms with Gasteiger partial charge in [-0.1, -0.05) is 11.6 Å². The minimum atomic E-state index is 0.0372. The number of nitrogens with zero attached hydrogens (tertiary/aromatic N) is 4. The van der Waals surface area contributed by atoms with Gasteiger partial charge < -0.3 is 15.2 Å². The van der Waals surface area contributed by atoms with Crippen LogP contribution in [0.2, 0.25) is 0 Å². The monoisotopic (exact) mass is 293 g/mol. The zero-order valence-corrected chi connectivity index (χ0v) is 12.5. The molecule has 1 aliphatic heterocycles. The van der Waals surface area contributed by atoms with E-state index < -0.39 is 0 Å². The van der Waals surface area contributed by atoms with Crippen molar-refractivity contribution >= 4 is 5.91 Å². The molecule has 7 nitrogen and oxygen atoms in total. The zero-order valence-electron chi connectivity index (χ0n) is 12.5. The highest BCUT2D eigenvalue weighted by Gasteiger charge is 2.34. The molecule has 1 aromatic rings. The summed E-state index contributed by atoms with van der Waals surface area (Å²) in [6.07, 6.45) is 3.00. The Bertz CT molecular complexity index is 495. The Hall–Kier alpha value is -1.47. The molecule has 2 N–H and O–H groups in total. The van der Waals surface area contributed by atoms with E-state index in [0.717, 1.165) is 45.4 Å². The van der Waals surface area contributed by atoms with E-state index in [9.17, 15) is 4.79 Å². The molecule has 1 saturated heterocycles. The fourth-order valence-electron chi connectivity index (χ4n) is 3.25. The van der Waals surface area contributed by atoms with Crippen molar-refractivity contribution in [3.05, 3.63) is 11.7 Å². The van der Waals surface area contributed by atoms with Crippen molar-refractivity contribution in [1.82, 2.24) is 19.9 Å². The molecule has 3 rings (SSSR count). The van der Waals surface area contributed by atoms with Gasteiger partial charge in [0.05, 0.1) is 12.5 Å². The predicted octanol–water partition coefficient (Wildman–Crippen LogP) is 0.150. The quantitative estimate of drug-likeness (QED) is 0.853. The van der Waals surface area contributed by atoms with E-state index in [0.29, 0.717) is 18.3 Å². The lowest BCUT2D eigenvalue weighted by Crippen LogP contribution is -2.51. The Morgan fingerprint density at radius 2 is 2.10 bits per heavy atom. The average molecular weight is 293 g/mol. The minimum absolute atomic E-state index is 0.0372. The highest BCUT2D eigenvalue weighted by Crippen LogP contribution is 2.26. The summed E-state index contributed by atoms with van der Waals surface area (Å²) < 4.78 is 5.14. The molecule has 2 atom stereocenters. The third kappa shape index (κ3) is 3.24. The van der Waals surface area contributed by atoms with Crippen molar-refractivity contribution in [1.29, 1.82) is 0 Å². The first kappa shape index (κ1) is 14.5. The highest BCUT2D eigenvalue weighted by atomic mass is 16.5. The molecule has 1 amide bonds. The first-order valence-electron chi connectivity index (χ1n) is 7.69. The summed E-state index contributed by atoms with van der Waals surface area (Å²) in [4.78, 5) is 20.9. The molecule has 21 heavy (non-hydrogen) atoms. The number of hydrogen-bond donors (Lipinski definition) is 1. The van der Waals surface area contributed by atoms with E-state index in [1.807, 2.05) is 11.8 Å². The van der Waals surface area contributed by atoms with Gasteiger partial charge in [0.2, 0.25) is 11.8 Å². The van der Waals surface area contributed by atoms with Gasteiger partial charge in [0.25, 0.3) is 0 Å². The van der Waals surface area contributed by atoms with Gasteiger partial charge in [-0.15, -0.1) is 0 Å². The molecular formula is C14H23N5O2. The number of carbonyl (C=O) groups is 1. The third-order valence-electron chi connectivity index (χ3n) is 4.50. The van der Waals surface area contributed by atoms with Gasteiger partial charge in [0.1, 0.15) is 0 Å². The maximum absolute atomic E-state index is 12.5. The topological polar surface area (TPSA) is 88.5 Å². The summed E-state index contributed by atoms with van der Waals surface area (Å²) in [6.45, 7) is 5.68. The molecule has 7 heteroatoms. The van der Waals surface area contributed by atoms with Crippen LogP contribution in [-0.4, -0.2) is 58.1 Å². The number of aryl methyl sites for hydroxylation is 1. The Morgan fingerprint density at radius 1 is 1.33 bits per heavy atom. The van der Waals surface area contributed by atoms with Crippen LogP contribution in [0.15, 0.2) is 4.52 Å². The van der Waals surface area contributed by atoms with Crippen LogP contribution < -0.4 is 5.73 Å². The van der Waals surface area contributed by atoms with Gasteiger partial charge in [-0.25, -0.2) is 0 Å². The van der Waals surface area contributed by atoms with Crippen LogP contribution in [0, 0.1) is 12.8 Å². The van der Waals surface area contributed by atoms with Crippen molar-refractivity contribution in [3.63, 3.8) is 0 Å². The lowest BCUT2D eigenvalue weighted by Gasteiger charge is -2.35. The second-order valence-electron chi connectivity index (χ2n) is 6.04. The molecule has 2 heterocycles. The minimum Gasteiger partial charge on any atom is -0.340 e. The van der Waals surface area contributed by atoms with Gasteiger partial charge in [-0.3, -0.25) is 9.69 Å². The molecule has 1 aromatic heterocycles. The third-order valence-corrected chi connectivity index (χ3v) is 4.50. The van der Waals surface area contributed by atoms with E-state index in [2.05, 4.69) is 15.0 Å². The van der Waals surface area contributed by atoms with Crippen LogP contribution >= 0.6 is 0 Å². The number of carbonyl (C=O) groups excluding carboxylic acids is 1. The molecule has 0 radical (unpaired) electrons. The largest absolute Gasteiger partial charge is 0.340 e. The lowest BCUT2D eigenvalue weighted by molar-refractivity contribution is -0.137. The van der Waals surface area contributed by atoms with Crippen LogP contribution in [-0.2, 0) is 11.3 Å². The number of rotatable bonds is 3. The molecule has 2 aliphatic rings. The van der Waals surface area contributed by atoms with E-state index in [4.69, 9.17) is 10.3 Å². The molecule has 0 bridgehead atoms. The van der Waals surface area contributed by atoms with Crippen LogP contribution in [0.1, 0.15) is 31.0 Å². The van der Waals surface area contributed by atoms with Gasteiger partial charge in [-0.2, -0.15) is 4.98 Å². The highest BCUT2D eigenvalue weighted by molar-refractivity contribution is 5.80. The van der Waals surface area contributed by atoms with Gasteiger partial charge in [-0.05, 0) is 19.8 Å². The lowest BCUT2D eigenvalue weighted by atomic mass is 10.0. The molecule has 1 aliphatic carbocycles. The standard InChI is InChI=1S/C14H23N5O2/c1-10-16-13(21-17-10)9-18-5-7-19(8-6-18)14(20)11-3-2-4-12(11)15/h11-12H,2-9,15H2,1H3/t11-,12+/m0/s1. The first-order chi connectivity index (χ1) is 10.1. The summed E-state index contributed by atoms with van der Waals surface area (Å²) in [7, 11) is 0. The summed E-state index contributed by atoms with van der Waals surface area (Å²) in [5, 5.41) is 3.79.